The number of thiazole rings is 1. The lowest BCUT2D eigenvalue weighted by Gasteiger charge is -2.43. The van der Waals surface area contributed by atoms with Crippen LogP contribution < -0.4 is 14.5 Å². The molecule has 0 radical (unpaired) electrons. The second-order valence-electron chi connectivity index (χ2n) is 11.9. The smallest absolute Gasteiger partial charge is 0.305 e. The second kappa shape index (κ2) is 10.4. The van der Waals surface area contributed by atoms with Crippen LogP contribution in [0.25, 0.3) is 0 Å². The predicted molar refractivity (Wildman–Crippen MR) is 172 cm³/mol. The van der Waals surface area contributed by atoms with Crippen LogP contribution in [0.5, 0.6) is 5.75 Å². The molecule has 1 aromatic heterocycles. The number of carbonyl (C=O) groups is 2. The van der Waals surface area contributed by atoms with Crippen LogP contribution in [0.15, 0.2) is 81.0 Å². The number of nitrogens with one attached hydrogen (secondary N) is 1. The van der Waals surface area contributed by atoms with E-state index in [4.69, 9.17) is 16.3 Å². The Bertz CT molecular complexity index is 1840. The first-order valence-electron chi connectivity index (χ1n) is 14.3. The summed E-state index contributed by atoms with van der Waals surface area (Å²) in [5, 5.41) is 1.65. The Labute approximate surface area is 269 Å². The summed E-state index contributed by atoms with van der Waals surface area (Å²) in [7, 11) is 0. The van der Waals surface area contributed by atoms with Gasteiger partial charge in [-0.2, -0.15) is 0 Å². The fraction of sp³-hybridized carbons (Fsp3) is 0.303. The molecule has 10 heteroatoms. The SMILES string of the molecule is Cc1ccc(N2C(=O)[C@H]3[C@H]4C[C@@H]([C@@H]3C2=O)[C@H]2[C@H](c3cc(Br)ccc3OCc3ccc(Cl)cc3)c3sc(=O)[nH]c3S[C@H]42)cc1. The standard InChI is InChI=1S/C33H26BrClN2O4S2/c1-15-2-9-19(10-3-15)37-31(38)26-21-13-22(27(26)32(37)39)28-25(21)24(29-30(42-28)36-33(40)43-29)20-12-17(34)6-11-23(20)41-14-16-4-7-18(35)8-5-16/h2-12,21-22,24-28H,13-14H2,1H3,(H,36,40)/t21-,22-,24+,25+,26+,27+,28-/m1/s1. The summed E-state index contributed by atoms with van der Waals surface area (Å²) < 4.78 is 7.36. The first-order chi connectivity index (χ1) is 20.8. The van der Waals surface area contributed by atoms with Gasteiger partial charge in [0, 0.05) is 31.1 Å². The summed E-state index contributed by atoms with van der Waals surface area (Å²) >= 11 is 12.7. The predicted octanol–water partition coefficient (Wildman–Crippen LogP) is 7.42. The average molecular weight is 694 g/mol. The fourth-order valence-corrected chi connectivity index (χ4v) is 11.3. The molecule has 3 fully saturated rings. The van der Waals surface area contributed by atoms with E-state index in [1.54, 1.807) is 11.8 Å². The molecule has 2 saturated carbocycles. The molecule has 4 aliphatic rings. The number of halogens is 2. The maximum Gasteiger partial charge on any atom is 0.305 e. The number of benzene rings is 3. The Morgan fingerprint density at radius 1 is 0.977 bits per heavy atom. The number of aryl methyl sites for hydroxylation is 1. The number of fused-ring (bicyclic) bond motifs is 9. The van der Waals surface area contributed by atoms with Crippen molar-refractivity contribution >= 4 is 68.1 Å². The molecule has 43 heavy (non-hydrogen) atoms. The molecule has 7 atom stereocenters. The van der Waals surface area contributed by atoms with Crippen LogP contribution >= 0.6 is 50.6 Å². The van der Waals surface area contributed by atoms with E-state index in [1.165, 1.54) is 16.2 Å². The maximum atomic E-state index is 14.0. The highest BCUT2D eigenvalue weighted by molar-refractivity contribution is 9.10. The van der Waals surface area contributed by atoms with Gasteiger partial charge in [-0.05, 0) is 79.1 Å². The van der Waals surface area contributed by atoms with Gasteiger partial charge in [-0.1, -0.05) is 68.7 Å². The lowest BCUT2D eigenvalue weighted by molar-refractivity contribution is -0.123. The van der Waals surface area contributed by atoms with Crippen LogP contribution in [0, 0.1) is 36.5 Å². The minimum Gasteiger partial charge on any atom is -0.489 e. The van der Waals surface area contributed by atoms with Gasteiger partial charge in [0.2, 0.25) is 11.8 Å². The second-order valence-corrected chi connectivity index (χ2v) is 15.5. The maximum absolute atomic E-state index is 14.0. The number of carbonyl (C=O) groups excluding carboxylic acids is 2. The number of imide groups is 1. The van der Waals surface area contributed by atoms with E-state index in [-0.39, 0.29) is 57.4 Å². The molecule has 218 valence electrons. The largest absolute Gasteiger partial charge is 0.489 e. The normalized spacial score (nSPS) is 28.6. The van der Waals surface area contributed by atoms with E-state index >= 15 is 0 Å². The average Bonchev–Trinajstić information content (AvgIpc) is 3.73. The van der Waals surface area contributed by atoms with Gasteiger partial charge < -0.3 is 9.72 Å². The number of H-pyrrole nitrogens is 1. The van der Waals surface area contributed by atoms with Crippen molar-refractivity contribution in [3.05, 3.63) is 107 Å². The van der Waals surface area contributed by atoms with Crippen molar-refractivity contribution in [2.45, 2.75) is 36.1 Å². The van der Waals surface area contributed by atoms with Gasteiger partial charge in [-0.15, -0.1) is 11.8 Å². The number of ether oxygens (including phenoxy) is 1. The summed E-state index contributed by atoms with van der Waals surface area (Å²) in [5.74, 6) is -0.0908. The van der Waals surface area contributed by atoms with Crippen LogP contribution in [0.4, 0.5) is 5.69 Å². The summed E-state index contributed by atoms with van der Waals surface area (Å²) in [6.07, 6.45) is 0.835. The van der Waals surface area contributed by atoms with Crippen molar-refractivity contribution in [3.8, 4) is 5.75 Å². The molecule has 2 aliphatic carbocycles. The number of aromatic nitrogens is 1. The van der Waals surface area contributed by atoms with Crippen LogP contribution in [0.3, 0.4) is 0 Å². The highest BCUT2D eigenvalue weighted by atomic mass is 79.9. The highest BCUT2D eigenvalue weighted by Crippen LogP contribution is 2.69. The molecule has 2 amide bonds. The molecule has 3 aromatic carbocycles. The van der Waals surface area contributed by atoms with Gasteiger partial charge in [-0.25, -0.2) is 0 Å². The van der Waals surface area contributed by atoms with E-state index in [9.17, 15) is 14.4 Å². The molecule has 0 unspecified atom stereocenters. The van der Waals surface area contributed by atoms with Gasteiger partial charge in [0.25, 0.3) is 0 Å². The Morgan fingerprint density at radius 3 is 2.44 bits per heavy atom. The van der Waals surface area contributed by atoms with Crippen molar-refractivity contribution in [2.24, 2.45) is 29.6 Å². The van der Waals surface area contributed by atoms with Crippen molar-refractivity contribution in [1.82, 2.24) is 4.98 Å². The number of anilines is 1. The van der Waals surface area contributed by atoms with Crippen molar-refractivity contribution < 1.29 is 14.3 Å². The van der Waals surface area contributed by atoms with Crippen LogP contribution in [-0.2, 0) is 16.2 Å². The molecule has 3 heterocycles. The number of amides is 2. The monoisotopic (exact) mass is 692 g/mol. The Balaban J connectivity index is 1.20. The molecule has 8 rings (SSSR count). The van der Waals surface area contributed by atoms with E-state index < -0.39 is 0 Å². The first-order valence-corrected chi connectivity index (χ1v) is 17.2. The molecule has 1 saturated heterocycles. The summed E-state index contributed by atoms with van der Waals surface area (Å²) in [6, 6.07) is 21.2. The van der Waals surface area contributed by atoms with Gasteiger partial charge in [0.05, 0.1) is 22.5 Å². The van der Waals surface area contributed by atoms with Crippen molar-refractivity contribution in [2.75, 3.05) is 4.90 Å². The van der Waals surface area contributed by atoms with E-state index in [0.717, 1.165) is 43.2 Å². The van der Waals surface area contributed by atoms with Crippen LogP contribution in [0.1, 0.15) is 33.9 Å². The number of rotatable bonds is 5. The number of thioether (sulfide) groups is 1. The van der Waals surface area contributed by atoms with Crippen molar-refractivity contribution in [3.63, 3.8) is 0 Å². The Hall–Kier alpha value is -2.85. The lowest BCUT2D eigenvalue weighted by Crippen LogP contribution is -2.42. The third-order valence-corrected chi connectivity index (χ3v) is 13.0. The van der Waals surface area contributed by atoms with E-state index in [2.05, 4.69) is 27.0 Å². The third-order valence-electron chi connectivity index (χ3n) is 9.63. The van der Waals surface area contributed by atoms with Gasteiger partial charge in [-0.3, -0.25) is 19.3 Å². The first kappa shape index (κ1) is 27.7. The van der Waals surface area contributed by atoms with Crippen LogP contribution in [-0.4, -0.2) is 22.0 Å². The molecule has 6 nitrogen and oxygen atoms in total. The summed E-state index contributed by atoms with van der Waals surface area (Å²) in [4.78, 5) is 46.1. The highest BCUT2D eigenvalue weighted by Gasteiger charge is 2.69. The van der Waals surface area contributed by atoms with E-state index in [0.29, 0.717) is 17.3 Å². The molecular formula is C33H26BrClN2O4S2. The van der Waals surface area contributed by atoms with E-state index in [1.807, 2.05) is 67.6 Å². The Kier molecular flexibility index (Phi) is 6.67. The lowest BCUT2D eigenvalue weighted by atomic mass is 9.68. The zero-order valence-electron chi connectivity index (χ0n) is 23.0. The van der Waals surface area contributed by atoms with Crippen LogP contribution in [0.2, 0.25) is 5.02 Å². The summed E-state index contributed by atoms with van der Waals surface area (Å²) in [5.41, 5.74) is 3.72. The minimum atomic E-state index is -0.356. The molecule has 4 aromatic rings. The van der Waals surface area contributed by atoms with Gasteiger partial charge in [0.1, 0.15) is 12.4 Å². The zero-order valence-corrected chi connectivity index (χ0v) is 26.9. The number of hydrogen-bond donors (Lipinski definition) is 1. The minimum absolute atomic E-state index is 0.0258. The number of aromatic amines is 1. The molecular weight excluding hydrogens is 668 g/mol. The molecule has 2 bridgehead atoms. The zero-order chi connectivity index (χ0) is 29.6. The molecule has 1 N–H and O–H groups in total. The fourth-order valence-electron chi connectivity index (χ4n) is 7.95. The molecule has 2 aliphatic heterocycles. The Morgan fingerprint density at radius 2 is 1.70 bits per heavy atom. The third kappa shape index (κ3) is 4.37. The molecule has 0 spiro atoms. The topological polar surface area (TPSA) is 79.5 Å². The summed E-state index contributed by atoms with van der Waals surface area (Å²) in [6.45, 7) is 2.36. The van der Waals surface area contributed by atoms with Gasteiger partial charge in [0.15, 0.2) is 0 Å². The number of hydrogen-bond acceptors (Lipinski definition) is 6. The van der Waals surface area contributed by atoms with Crippen molar-refractivity contribution in [1.29, 1.82) is 0 Å². The van der Waals surface area contributed by atoms with Gasteiger partial charge >= 0.3 is 4.87 Å². The number of nitrogens with zero attached hydrogens (tertiary/aromatic N) is 1. The quantitative estimate of drug-likeness (QED) is 0.220.